The molecule has 0 saturated carbocycles. The van der Waals surface area contributed by atoms with Crippen LogP contribution < -0.4 is 4.74 Å². The second kappa shape index (κ2) is 7.90. The van der Waals surface area contributed by atoms with Crippen molar-refractivity contribution in [2.45, 2.75) is 20.0 Å². The van der Waals surface area contributed by atoms with Gasteiger partial charge in [0.05, 0.1) is 16.9 Å². The van der Waals surface area contributed by atoms with Crippen molar-refractivity contribution < 1.29 is 14.3 Å². The van der Waals surface area contributed by atoms with Gasteiger partial charge in [0.2, 0.25) is 5.78 Å². The molecule has 2 aromatic carbocycles. The Morgan fingerprint density at radius 2 is 1.81 bits per heavy atom. The zero-order chi connectivity index (χ0) is 19.6. The molecular weight excluding hydrogens is 389 g/mol. The molecule has 0 saturated heterocycles. The van der Waals surface area contributed by atoms with Crippen LogP contribution in [0.1, 0.15) is 34.7 Å². The van der Waals surface area contributed by atoms with Gasteiger partial charge in [-0.05, 0) is 56.3 Å². The Balaban J connectivity index is 1.74. The van der Waals surface area contributed by atoms with Crippen molar-refractivity contribution in [1.82, 2.24) is 15.0 Å². The highest BCUT2D eigenvalue weighted by Crippen LogP contribution is 2.28. The van der Waals surface area contributed by atoms with Crippen molar-refractivity contribution >= 4 is 34.8 Å². The minimum Gasteiger partial charge on any atom is -0.481 e. The van der Waals surface area contributed by atoms with Gasteiger partial charge in [0.1, 0.15) is 5.75 Å². The van der Waals surface area contributed by atoms with Gasteiger partial charge >= 0.3 is 0 Å². The van der Waals surface area contributed by atoms with Crippen LogP contribution in [0.25, 0.3) is 5.69 Å². The minimum absolute atomic E-state index is 0.0251. The number of aromatic nitrogens is 3. The van der Waals surface area contributed by atoms with E-state index in [1.54, 1.807) is 43.3 Å². The number of benzene rings is 2. The van der Waals surface area contributed by atoms with Crippen molar-refractivity contribution in [3.05, 3.63) is 70.0 Å². The molecule has 6 nitrogen and oxygen atoms in total. The number of hydrogen-bond acceptors (Lipinski definition) is 5. The third kappa shape index (κ3) is 4.35. The standard InChI is InChI=1S/C19H15Cl2N3O3/c1-11(25)13-3-6-15(7-4-13)24-10-17(22-23-24)19(26)12(2)27-18-8-5-14(20)9-16(18)21/h3-10,12H,1-2H3. The number of ether oxygens (including phenoxy) is 1. The van der Waals surface area contributed by atoms with E-state index >= 15 is 0 Å². The first-order chi connectivity index (χ1) is 12.8. The summed E-state index contributed by atoms with van der Waals surface area (Å²) in [6.45, 7) is 3.10. The molecule has 0 aliphatic rings. The summed E-state index contributed by atoms with van der Waals surface area (Å²) >= 11 is 11.9. The average Bonchev–Trinajstić information content (AvgIpc) is 3.13. The molecule has 1 unspecified atom stereocenters. The molecule has 0 spiro atoms. The Labute approximate surface area is 165 Å². The predicted octanol–water partition coefficient (Wildman–Crippen LogP) is 4.43. The number of carbonyl (C=O) groups is 2. The summed E-state index contributed by atoms with van der Waals surface area (Å²) in [4.78, 5) is 23.9. The molecule has 0 aliphatic carbocycles. The molecule has 8 heteroatoms. The molecule has 27 heavy (non-hydrogen) atoms. The monoisotopic (exact) mass is 403 g/mol. The smallest absolute Gasteiger partial charge is 0.224 e. The van der Waals surface area contributed by atoms with E-state index in [0.717, 1.165) is 0 Å². The first-order valence-corrected chi connectivity index (χ1v) is 8.80. The Kier molecular flexibility index (Phi) is 5.58. The largest absolute Gasteiger partial charge is 0.481 e. The van der Waals surface area contributed by atoms with Gasteiger partial charge in [0.15, 0.2) is 17.6 Å². The van der Waals surface area contributed by atoms with Crippen molar-refractivity contribution in [3.63, 3.8) is 0 Å². The lowest BCUT2D eigenvalue weighted by molar-refractivity contribution is 0.0812. The van der Waals surface area contributed by atoms with Crippen molar-refractivity contribution in [2.75, 3.05) is 0 Å². The molecule has 0 radical (unpaired) electrons. The molecule has 0 amide bonds. The van der Waals surface area contributed by atoms with Gasteiger partial charge in [-0.1, -0.05) is 28.4 Å². The second-order valence-electron chi connectivity index (χ2n) is 5.85. The van der Waals surface area contributed by atoms with Gasteiger partial charge in [-0.2, -0.15) is 0 Å². The zero-order valence-corrected chi connectivity index (χ0v) is 16.0. The van der Waals surface area contributed by atoms with Gasteiger partial charge in [0, 0.05) is 10.6 Å². The van der Waals surface area contributed by atoms with E-state index in [1.165, 1.54) is 23.9 Å². The summed E-state index contributed by atoms with van der Waals surface area (Å²) in [5, 5.41) is 8.67. The summed E-state index contributed by atoms with van der Waals surface area (Å²) < 4.78 is 7.08. The van der Waals surface area contributed by atoms with E-state index < -0.39 is 6.10 Å². The summed E-state index contributed by atoms with van der Waals surface area (Å²) in [5.41, 5.74) is 1.43. The van der Waals surface area contributed by atoms with Crippen molar-refractivity contribution in [1.29, 1.82) is 0 Å². The van der Waals surface area contributed by atoms with Crippen molar-refractivity contribution in [2.24, 2.45) is 0 Å². The summed E-state index contributed by atoms with van der Waals surface area (Å²) in [5.74, 6) is -0.00964. The number of rotatable bonds is 6. The first kappa shape index (κ1) is 19.1. The Morgan fingerprint density at radius 3 is 2.44 bits per heavy atom. The highest BCUT2D eigenvalue weighted by Gasteiger charge is 2.21. The third-order valence-corrected chi connectivity index (χ3v) is 4.38. The van der Waals surface area contributed by atoms with Crippen LogP contribution in [0.2, 0.25) is 10.0 Å². The minimum atomic E-state index is -0.811. The summed E-state index contributed by atoms with van der Waals surface area (Å²) in [6, 6.07) is 11.6. The maximum atomic E-state index is 12.6. The fourth-order valence-corrected chi connectivity index (χ4v) is 2.83. The number of ketones is 2. The lowest BCUT2D eigenvalue weighted by Crippen LogP contribution is -2.24. The molecule has 1 aromatic heterocycles. The van der Waals surface area contributed by atoms with Crippen LogP contribution in [0, 0.1) is 0 Å². The summed E-state index contributed by atoms with van der Waals surface area (Å²) in [7, 11) is 0. The maximum Gasteiger partial charge on any atom is 0.224 e. The van der Waals surface area contributed by atoms with Gasteiger partial charge in [-0.25, -0.2) is 4.68 Å². The molecule has 3 rings (SSSR count). The highest BCUT2D eigenvalue weighted by molar-refractivity contribution is 6.35. The number of Topliss-reactive ketones (excluding diaryl/α,β-unsaturated/α-hetero) is 2. The van der Waals surface area contributed by atoms with Gasteiger partial charge in [-0.3, -0.25) is 9.59 Å². The van der Waals surface area contributed by atoms with E-state index in [2.05, 4.69) is 10.3 Å². The normalized spacial score (nSPS) is 11.9. The maximum absolute atomic E-state index is 12.6. The van der Waals surface area contributed by atoms with E-state index in [-0.39, 0.29) is 17.3 Å². The average molecular weight is 404 g/mol. The van der Waals surface area contributed by atoms with Gasteiger partial charge < -0.3 is 4.74 Å². The van der Waals surface area contributed by atoms with Crippen LogP contribution in [0.3, 0.4) is 0 Å². The molecule has 0 fully saturated rings. The number of hydrogen-bond donors (Lipinski definition) is 0. The molecule has 0 N–H and O–H groups in total. The first-order valence-electron chi connectivity index (χ1n) is 8.05. The van der Waals surface area contributed by atoms with E-state index in [4.69, 9.17) is 27.9 Å². The summed E-state index contributed by atoms with van der Waals surface area (Å²) in [6.07, 6.45) is 0.697. The highest BCUT2D eigenvalue weighted by atomic mass is 35.5. The molecule has 0 aliphatic heterocycles. The van der Waals surface area contributed by atoms with Crippen LogP contribution in [0.5, 0.6) is 5.75 Å². The molecule has 0 bridgehead atoms. The van der Waals surface area contributed by atoms with Crippen LogP contribution in [0.4, 0.5) is 0 Å². The second-order valence-corrected chi connectivity index (χ2v) is 6.69. The van der Waals surface area contributed by atoms with Gasteiger partial charge in [0.25, 0.3) is 0 Å². The number of carbonyl (C=O) groups excluding carboxylic acids is 2. The fourth-order valence-electron chi connectivity index (χ4n) is 2.37. The molecule has 3 aromatic rings. The number of halogens is 2. The van der Waals surface area contributed by atoms with Gasteiger partial charge in [-0.15, -0.1) is 5.10 Å². The predicted molar refractivity (Wildman–Crippen MR) is 102 cm³/mol. The third-order valence-electron chi connectivity index (χ3n) is 3.85. The van der Waals surface area contributed by atoms with E-state index in [9.17, 15) is 9.59 Å². The van der Waals surface area contributed by atoms with E-state index in [0.29, 0.717) is 27.0 Å². The van der Waals surface area contributed by atoms with Crippen LogP contribution in [-0.2, 0) is 0 Å². The molecule has 138 valence electrons. The Morgan fingerprint density at radius 1 is 1.11 bits per heavy atom. The Hall–Kier alpha value is -2.70. The lowest BCUT2D eigenvalue weighted by Gasteiger charge is -2.13. The SMILES string of the molecule is CC(=O)c1ccc(-n2cc(C(=O)C(C)Oc3ccc(Cl)cc3Cl)nn2)cc1. The van der Waals surface area contributed by atoms with E-state index in [1.807, 2.05) is 0 Å². The quantitative estimate of drug-likeness (QED) is 0.569. The Bertz CT molecular complexity index is 1000. The zero-order valence-electron chi connectivity index (χ0n) is 14.5. The molecule has 1 atom stereocenters. The van der Waals surface area contributed by atoms with Crippen LogP contribution >= 0.6 is 23.2 Å². The van der Waals surface area contributed by atoms with Crippen LogP contribution in [0.15, 0.2) is 48.7 Å². The lowest BCUT2D eigenvalue weighted by atomic mass is 10.1. The van der Waals surface area contributed by atoms with Crippen molar-refractivity contribution in [3.8, 4) is 11.4 Å². The topological polar surface area (TPSA) is 74.1 Å². The molecule has 1 heterocycles. The molecular formula is C19H15Cl2N3O3. The van der Waals surface area contributed by atoms with Crippen LogP contribution in [-0.4, -0.2) is 32.7 Å². The fraction of sp³-hybridized carbons (Fsp3) is 0.158. The number of nitrogens with zero attached hydrogens (tertiary/aromatic N) is 3.